The molecule has 0 amide bonds. The first-order valence-electron chi connectivity index (χ1n) is 6.18. The van der Waals surface area contributed by atoms with Crippen LogP contribution in [0, 0.1) is 13.8 Å². The highest BCUT2D eigenvalue weighted by atomic mass is 35.5. The van der Waals surface area contributed by atoms with Crippen molar-refractivity contribution in [3.63, 3.8) is 0 Å². The Bertz CT molecular complexity index is 576. The Hall–Kier alpha value is -1.58. The summed E-state index contributed by atoms with van der Waals surface area (Å²) in [5.41, 5.74) is 10.0. The number of rotatable bonds is 3. The van der Waals surface area contributed by atoms with Crippen LogP contribution >= 0.6 is 11.6 Å². The maximum Gasteiger partial charge on any atom is 0.151 e. The average molecular weight is 276 g/mol. The van der Waals surface area contributed by atoms with Crippen LogP contribution in [-0.4, -0.2) is 12.0 Å². The summed E-state index contributed by atoms with van der Waals surface area (Å²) in [6.07, 6.45) is 1.76. The largest absolute Gasteiger partial charge is 0.328 e. The van der Waals surface area contributed by atoms with Crippen molar-refractivity contribution in [2.45, 2.75) is 20.4 Å². The fourth-order valence-electron chi connectivity index (χ4n) is 2.10. The summed E-state index contributed by atoms with van der Waals surface area (Å²) < 4.78 is 0. The van der Waals surface area contributed by atoms with Gasteiger partial charge in [-0.3, -0.25) is 0 Å². The Morgan fingerprint density at radius 1 is 1.16 bits per heavy atom. The van der Waals surface area contributed by atoms with Crippen LogP contribution in [0.4, 0.5) is 11.5 Å². The van der Waals surface area contributed by atoms with E-state index in [0.717, 1.165) is 17.1 Å². The minimum atomic E-state index is 0.445. The number of halogens is 1. The molecule has 0 radical (unpaired) electrons. The molecule has 0 aliphatic carbocycles. The maximum atomic E-state index is 6.27. The van der Waals surface area contributed by atoms with Gasteiger partial charge in [0.05, 0.1) is 5.02 Å². The van der Waals surface area contributed by atoms with Crippen molar-refractivity contribution in [3.8, 4) is 0 Å². The summed E-state index contributed by atoms with van der Waals surface area (Å²) in [6, 6.07) is 8.23. The molecule has 1 aromatic heterocycles. The Balaban J connectivity index is 2.40. The van der Waals surface area contributed by atoms with Crippen molar-refractivity contribution in [2.24, 2.45) is 5.73 Å². The van der Waals surface area contributed by atoms with Crippen LogP contribution in [0.15, 0.2) is 30.5 Å². The topological polar surface area (TPSA) is 42.2 Å². The monoisotopic (exact) mass is 275 g/mol. The molecule has 1 aromatic carbocycles. The van der Waals surface area contributed by atoms with Crippen molar-refractivity contribution < 1.29 is 0 Å². The van der Waals surface area contributed by atoms with Gasteiger partial charge >= 0.3 is 0 Å². The molecule has 0 bridgehead atoms. The van der Waals surface area contributed by atoms with Crippen molar-refractivity contribution in [2.75, 3.05) is 11.9 Å². The number of hydrogen-bond acceptors (Lipinski definition) is 3. The second kappa shape index (κ2) is 5.59. The molecule has 100 valence electrons. The van der Waals surface area contributed by atoms with E-state index in [1.807, 2.05) is 18.0 Å². The number of aryl methyl sites for hydroxylation is 2. The normalized spacial score (nSPS) is 10.6. The zero-order chi connectivity index (χ0) is 14.0. The molecule has 0 saturated carbocycles. The lowest BCUT2D eigenvalue weighted by Gasteiger charge is -2.21. The average Bonchev–Trinajstić information content (AvgIpc) is 2.36. The Kier molecular flexibility index (Phi) is 4.08. The first-order chi connectivity index (χ1) is 9.01. The number of nitrogens with two attached hydrogens (primary N) is 1. The Morgan fingerprint density at radius 2 is 1.79 bits per heavy atom. The van der Waals surface area contributed by atoms with Gasteiger partial charge in [0.2, 0.25) is 0 Å². The number of nitrogens with zero attached hydrogens (tertiary/aromatic N) is 2. The standard InChI is InChI=1S/C15H18ClN3/c1-10-4-11(2)6-13(5-10)19(3)15-14(16)7-12(8-17)9-18-15/h4-7,9H,8,17H2,1-3H3. The van der Waals surface area contributed by atoms with Crippen LogP contribution in [0.25, 0.3) is 0 Å². The molecular weight excluding hydrogens is 258 g/mol. The number of benzene rings is 1. The molecule has 2 rings (SSSR count). The highest BCUT2D eigenvalue weighted by Crippen LogP contribution is 2.30. The molecule has 0 spiro atoms. The highest BCUT2D eigenvalue weighted by Gasteiger charge is 2.11. The van der Waals surface area contributed by atoms with E-state index in [1.165, 1.54) is 11.1 Å². The highest BCUT2D eigenvalue weighted by molar-refractivity contribution is 6.33. The molecule has 0 unspecified atom stereocenters. The third kappa shape index (κ3) is 3.06. The smallest absolute Gasteiger partial charge is 0.151 e. The summed E-state index contributed by atoms with van der Waals surface area (Å²) in [5, 5.41) is 0.615. The number of hydrogen-bond donors (Lipinski definition) is 1. The summed E-state index contributed by atoms with van der Waals surface area (Å²) in [4.78, 5) is 6.39. The van der Waals surface area contributed by atoms with Gasteiger partial charge in [-0.1, -0.05) is 17.7 Å². The van der Waals surface area contributed by atoms with Crippen molar-refractivity contribution >= 4 is 23.1 Å². The first-order valence-corrected chi connectivity index (χ1v) is 6.55. The van der Waals surface area contributed by atoms with Crippen molar-refractivity contribution in [1.29, 1.82) is 0 Å². The Morgan fingerprint density at radius 3 is 2.32 bits per heavy atom. The molecule has 0 fully saturated rings. The van der Waals surface area contributed by atoms with Crippen LogP contribution in [0.1, 0.15) is 16.7 Å². The molecule has 19 heavy (non-hydrogen) atoms. The van der Waals surface area contributed by atoms with Crippen LogP contribution in [0.2, 0.25) is 5.02 Å². The molecule has 4 heteroatoms. The lowest BCUT2D eigenvalue weighted by Crippen LogP contribution is -2.12. The van der Waals surface area contributed by atoms with E-state index in [0.29, 0.717) is 11.6 Å². The van der Waals surface area contributed by atoms with Gasteiger partial charge in [-0.05, 0) is 48.7 Å². The third-order valence-corrected chi connectivity index (χ3v) is 3.30. The van der Waals surface area contributed by atoms with E-state index in [9.17, 15) is 0 Å². The van der Waals surface area contributed by atoms with Crippen molar-refractivity contribution in [3.05, 3.63) is 52.2 Å². The van der Waals surface area contributed by atoms with Gasteiger partial charge in [0.25, 0.3) is 0 Å². The first kappa shape index (κ1) is 13.8. The lowest BCUT2D eigenvalue weighted by molar-refractivity contribution is 1.03. The molecule has 0 saturated heterocycles. The third-order valence-electron chi connectivity index (χ3n) is 3.03. The second-order valence-electron chi connectivity index (χ2n) is 4.76. The van der Waals surface area contributed by atoms with Gasteiger partial charge in [0.1, 0.15) is 0 Å². The van der Waals surface area contributed by atoms with Gasteiger partial charge in [-0.15, -0.1) is 0 Å². The summed E-state index contributed by atoms with van der Waals surface area (Å²) in [7, 11) is 1.96. The molecular formula is C15H18ClN3. The molecule has 1 heterocycles. The van der Waals surface area contributed by atoms with Gasteiger partial charge in [0.15, 0.2) is 5.82 Å². The summed E-state index contributed by atoms with van der Waals surface area (Å²) in [5.74, 6) is 0.740. The SMILES string of the molecule is Cc1cc(C)cc(N(C)c2ncc(CN)cc2Cl)c1. The summed E-state index contributed by atoms with van der Waals surface area (Å²) >= 11 is 6.27. The molecule has 0 aliphatic rings. The van der Waals surface area contributed by atoms with Gasteiger partial charge in [0, 0.05) is 25.5 Å². The van der Waals surface area contributed by atoms with Crippen molar-refractivity contribution in [1.82, 2.24) is 4.98 Å². The van der Waals surface area contributed by atoms with Crippen LogP contribution in [0.5, 0.6) is 0 Å². The Labute approximate surface area is 119 Å². The lowest BCUT2D eigenvalue weighted by atomic mass is 10.1. The fraction of sp³-hybridized carbons (Fsp3) is 0.267. The van der Waals surface area contributed by atoms with E-state index in [1.54, 1.807) is 6.20 Å². The maximum absolute atomic E-state index is 6.27. The van der Waals surface area contributed by atoms with Crippen LogP contribution < -0.4 is 10.6 Å². The zero-order valence-electron chi connectivity index (χ0n) is 11.4. The molecule has 2 N–H and O–H groups in total. The summed E-state index contributed by atoms with van der Waals surface area (Å²) in [6.45, 7) is 4.61. The van der Waals surface area contributed by atoms with Crippen LogP contribution in [-0.2, 0) is 6.54 Å². The molecule has 3 nitrogen and oxygen atoms in total. The second-order valence-corrected chi connectivity index (χ2v) is 5.17. The molecule has 0 aliphatic heterocycles. The van der Waals surface area contributed by atoms with E-state index >= 15 is 0 Å². The van der Waals surface area contributed by atoms with Gasteiger partial charge < -0.3 is 10.6 Å². The number of pyridine rings is 1. The van der Waals surface area contributed by atoms with E-state index in [2.05, 4.69) is 37.0 Å². The number of aromatic nitrogens is 1. The minimum absolute atomic E-state index is 0.445. The molecule has 0 atom stereocenters. The van der Waals surface area contributed by atoms with Gasteiger partial charge in [-0.25, -0.2) is 4.98 Å². The fourth-order valence-corrected chi connectivity index (χ4v) is 2.41. The predicted molar refractivity (Wildman–Crippen MR) is 81.1 cm³/mol. The van der Waals surface area contributed by atoms with E-state index in [4.69, 9.17) is 17.3 Å². The zero-order valence-corrected chi connectivity index (χ0v) is 12.2. The number of anilines is 2. The van der Waals surface area contributed by atoms with E-state index < -0.39 is 0 Å². The van der Waals surface area contributed by atoms with Crippen LogP contribution in [0.3, 0.4) is 0 Å². The molecule has 2 aromatic rings. The predicted octanol–water partition coefficient (Wildman–Crippen LogP) is 3.58. The van der Waals surface area contributed by atoms with E-state index in [-0.39, 0.29) is 0 Å². The quantitative estimate of drug-likeness (QED) is 0.931. The van der Waals surface area contributed by atoms with Gasteiger partial charge in [-0.2, -0.15) is 0 Å². The minimum Gasteiger partial charge on any atom is -0.328 e.